The first-order chi connectivity index (χ1) is 14.2. The number of aliphatic hydroxyl groups is 1. The van der Waals surface area contributed by atoms with Crippen LogP contribution in [-0.4, -0.2) is 60.9 Å². The van der Waals surface area contributed by atoms with Crippen LogP contribution in [0.2, 0.25) is 0 Å². The minimum absolute atomic E-state index is 0.0794. The van der Waals surface area contributed by atoms with Gasteiger partial charge in [0.25, 0.3) is 0 Å². The number of imide groups is 1. The fourth-order valence-electron chi connectivity index (χ4n) is 3.14. The maximum atomic E-state index is 13.0. The van der Waals surface area contributed by atoms with Crippen LogP contribution >= 0.6 is 0 Å². The fraction of sp³-hybridized carbons (Fsp3) is 0.650. The van der Waals surface area contributed by atoms with Crippen LogP contribution in [0.15, 0.2) is 12.7 Å². The molecule has 2 unspecified atom stereocenters. The molecule has 3 heterocycles. The summed E-state index contributed by atoms with van der Waals surface area (Å²) in [6.45, 7) is 12.3. The van der Waals surface area contributed by atoms with E-state index in [9.17, 15) is 14.7 Å². The Hall–Kier alpha value is -2.79. The number of hydrogen-bond donors (Lipinski definition) is 1. The highest BCUT2D eigenvalue weighted by atomic mass is 16.6. The largest absolute Gasteiger partial charge is 0.443 e. The van der Waals surface area contributed by atoms with Crippen molar-refractivity contribution in [3.05, 3.63) is 12.7 Å². The Morgan fingerprint density at radius 2 is 1.71 bits per heavy atom. The van der Waals surface area contributed by atoms with Gasteiger partial charge in [0.15, 0.2) is 23.3 Å². The number of aliphatic hydroxyl groups excluding tert-OH is 1. The lowest BCUT2D eigenvalue weighted by Gasteiger charge is -2.29. The topological polar surface area (TPSA) is 129 Å². The average molecular weight is 435 g/mol. The second kappa shape index (κ2) is 7.72. The van der Waals surface area contributed by atoms with E-state index in [1.165, 1.54) is 12.7 Å². The summed E-state index contributed by atoms with van der Waals surface area (Å²) in [6, 6.07) is 0. The summed E-state index contributed by atoms with van der Waals surface area (Å²) in [7, 11) is 0. The number of fused-ring (bicyclic) bond motifs is 1. The second-order valence-electron chi connectivity index (χ2n) is 9.61. The van der Waals surface area contributed by atoms with Crippen molar-refractivity contribution in [2.75, 3.05) is 11.5 Å². The van der Waals surface area contributed by atoms with Crippen molar-refractivity contribution in [3.63, 3.8) is 0 Å². The smallest absolute Gasteiger partial charge is 0.425 e. The molecule has 1 saturated heterocycles. The molecule has 2 amide bonds. The Morgan fingerprint density at radius 1 is 1.13 bits per heavy atom. The third kappa shape index (κ3) is 4.62. The molecular weight excluding hydrogens is 406 g/mol. The first-order valence-corrected chi connectivity index (χ1v) is 9.97. The van der Waals surface area contributed by atoms with Crippen LogP contribution in [0.1, 0.15) is 54.9 Å². The van der Waals surface area contributed by atoms with Crippen molar-refractivity contribution in [3.8, 4) is 0 Å². The highest BCUT2D eigenvalue weighted by Gasteiger charge is 2.43. The number of hydrogen-bond acceptors (Lipinski definition) is 9. The van der Waals surface area contributed by atoms with E-state index in [2.05, 4.69) is 15.0 Å². The van der Waals surface area contributed by atoms with Gasteiger partial charge in [-0.3, -0.25) is 0 Å². The maximum Gasteiger partial charge on any atom is 0.425 e. The van der Waals surface area contributed by atoms with Gasteiger partial charge in [0.2, 0.25) is 0 Å². The molecule has 170 valence electrons. The molecule has 31 heavy (non-hydrogen) atoms. The number of nitrogens with zero attached hydrogens (tertiary/aromatic N) is 5. The monoisotopic (exact) mass is 435 g/mol. The third-order valence-electron chi connectivity index (χ3n) is 4.64. The van der Waals surface area contributed by atoms with Gasteiger partial charge in [0.05, 0.1) is 18.5 Å². The summed E-state index contributed by atoms with van der Waals surface area (Å²) in [5.74, 6) is -0.0794. The molecule has 3 rings (SSSR count). The Bertz CT molecular complexity index is 964. The van der Waals surface area contributed by atoms with E-state index in [-0.39, 0.29) is 11.3 Å². The molecule has 0 radical (unpaired) electrons. The Labute approximate surface area is 180 Å². The molecule has 0 spiro atoms. The van der Waals surface area contributed by atoms with Gasteiger partial charge < -0.3 is 23.9 Å². The fourth-order valence-corrected chi connectivity index (χ4v) is 3.14. The van der Waals surface area contributed by atoms with E-state index < -0.39 is 35.2 Å². The molecule has 11 heteroatoms. The maximum absolute atomic E-state index is 13.0. The number of rotatable bonds is 2. The molecule has 1 aliphatic heterocycles. The van der Waals surface area contributed by atoms with E-state index in [1.54, 1.807) is 46.1 Å². The molecule has 1 N–H and O–H groups in total. The van der Waals surface area contributed by atoms with Crippen molar-refractivity contribution < 1.29 is 28.9 Å². The lowest BCUT2D eigenvalue weighted by Crippen LogP contribution is -2.44. The predicted molar refractivity (Wildman–Crippen MR) is 110 cm³/mol. The molecular formula is C20H29N5O6. The molecule has 0 aromatic carbocycles. The standard InChI is InChI=1S/C20H29N5O6/c1-18(2,3)30-16(27)25(17(28)31-19(4,5)6)14-12-13(21-10-22-14)24(11-23-12)20(7)8-9-29-15(20)26/h10-11,15,26H,8-9H2,1-7H3. The van der Waals surface area contributed by atoms with Crippen LogP contribution in [0.5, 0.6) is 0 Å². The number of anilines is 1. The molecule has 2 atom stereocenters. The van der Waals surface area contributed by atoms with Crippen molar-refractivity contribution in [2.24, 2.45) is 0 Å². The summed E-state index contributed by atoms with van der Waals surface area (Å²) in [5.41, 5.74) is -2.03. The van der Waals surface area contributed by atoms with Crippen LogP contribution in [0, 0.1) is 0 Å². The van der Waals surface area contributed by atoms with Crippen LogP contribution in [-0.2, 0) is 19.7 Å². The number of aromatic nitrogens is 4. The van der Waals surface area contributed by atoms with Gasteiger partial charge in [0.1, 0.15) is 17.5 Å². The van der Waals surface area contributed by atoms with Crippen molar-refractivity contribution in [2.45, 2.75) is 77.9 Å². The minimum atomic E-state index is -1.06. The van der Waals surface area contributed by atoms with Crippen molar-refractivity contribution in [1.29, 1.82) is 0 Å². The van der Waals surface area contributed by atoms with E-state index in [0.29, 0.717) is 23.6 Å². The summed E-state index contributed by atoms with van der Waals surface area (Å²) >= 11 is 0. The lowest BCUT2D eigenvalue weighted by atomic mass is 10.00. The van der Waals surface area contributed by atoms with Crippen LogP contribution in [0.4, 0.5) is 15.4 Å². The van der Waals surface area contributed by atoms with Gasteiger partial charge in [-0.2, -0.15) is 4.90 Å². The minimum Gasteiger partial charge on any atom is -0.443 e. The molecule has 2 aromatic rings. The van der Waals surface area contributed by atoms with Crippen LogP contribution < -0.4 is 4.90 Å². The molecule has 11 nitrogen and oxygen atoms in total. The summed E-state index contributed by atoms with van der Waals surface area (Å²) in [5, 5.41) is 10.3. The molecule has 0 saturated carbocycles. The highest BCUT2D eigenvalue weighted by Crippen LogP contribution is 2.35. The number of amides is 2. The molecule has 1 fully saturated rings. The summed E-state index contributed by atoms with van der Waals surface area (Å²) in [6.07, 6.45) is 0.252. The first kappa shape index (κ1) is 22.9. The number of ether oxygens (including phenoxy) is 3. The first-order valence-electron chi connectivity index (χ1n) is 9.97. The third-order valence-corrected chi connectivity index (χ3v) is 4.64. The lowest BCUT2D eigenvalue weighted by molar-refractivity contribution is -0.106. The van der Waals surface area contributed by atoms with Crippen LogP contribution in [0.25, 0.3) is 11.2 Å². The van der Waals surface area contributed by atoms with Gasteiger partial charge in [-0.1, -0.05) is 0 Å². The van der Waals surface area contributed by atoms with Crippen LogP contribution in [0.3, 0.4) is 0 Å². The SMILES string of the molecule is CC(C)(C)OC(=O)N(C(=O)OC(C)(C)C)c1ncnc2c1ncn2C1(C)CCOC1O. The van der Waals surface area contributed by atoms with Crippen molar-refractivity contribution in [1.82, 2.24) is 19.5 Å². The zero-order chi connectivity index (χ0) is 23.2. The molecule has 1 aliphatic rings. The molecule has 2 aromatic heterocycles. The van der Waals surface area contributed by atoms with Gasteiger partial charge in [-0.05, 0) is 54.9 Å². The zero-order valence-electron chi connectivity index (χ0n) is 18.9. The number of carbonyl (C=O) groups excluding carboxylic acids is 2. The predicted octanol–water partition coefficient (Wildman–Crippen LogP) is 2.96. The normalized spacial score (nSPS) is 21.9. The summed E-state index contributed by atoms with van der Waals surface area (Å²) < 4.78 is 17.8. The summed E-state index contributed by atoms with van der Waals surface area (Å²) in [4.78, 5) is 39.4. The number of imidazole rings is 1. The van der Waals surface area contributed by atoms with Gasteiger partial charge >= 0.3 is 12.2 Å². The Kier molecular flexibility index (Phi) is 5.70. The second-order valence-corrected chi connectivity index (χ2v) is 9.61. The number of carbonyl (C=O) groups is 2. The van der Waals surface area contributed by atoms with E-state index in [0.717, 1.165) is 0 Å². The van der Waals surface area contributed by atoms with Gasteiger partial charge in [-0.25, -0.2) is 24.5 Å². The molecule has 0 aliphatic carbocycles. The quantitative estimate of drug-likeness (QED) is 0.757. The van der Waals surface area contributed by atoms with E-state index in [1.807, 2.05) is 6.92 Å². The zero-order valence-corrected chi connectivity index (χ0v) is 18.9. The van der Waals surface area contributed by atoms with E-state index >= 15 is 0 Å². The van der Waals surface area contributed by atoms with Crippen molar-refractivity contribution >= 4 is 29.2 Å². The highest BCUT2D eigenvalue weighted by molar-refractivity contribution is 6.12. The Morgan fingerprint density at radius 3 is 2.19 bits per heavy atom. The molecule has 0 bridgehead atoms. The van der Waals surface area contributed by atoms with E-state index in [4.69, 9.17) is 14.2 Å². The van der Waals surface area contributed by atoms with Gasteiger partial charge in [0, 0.05) is 0 Å². The average Bonchev–Trinajstić information content (AvgIpc) is 3.17. The van der Waals surface area contributed by atoms with Gasteiger partial charge in [-0.15, -0.1) is 0 Å². The Balaban J connectivity index is 2.12.